The highest BCUT2D eigenvalue weighted by Gasteiger charge is 2.20. The molecule has 29 heavy (non-hydrogen) atoms. The van der Waals surface area contributed by atoms with E-state index in [1.165, 1.54) is 43.0 Å². The molecule has 0 radical (unpaired) electrons. The molecule has 0 unspecified atom stereocenters. The average Bonchev–Trinajstić information content (AvgIpc) is 3.16. The Kier molecular flexibility index (Phi) is 7.75. The Hall–Kier alpha value is -2.28. The van der Waals surface area contributed by atoms with E-state index in [9.17, 15) is 4.79 Å². The lowest BCUT2D eigenvalue weighted by Gasteiger charge is -2.15. The first-order chi connectivity index (χ1) is 14.1. The van der Waals surface area contributed by atoms with Crippen LogP contribution in [0.3, 0.4) is 0 Å². The molecule has 1 atom stereocenters. The molecule has 1 aromatic heterocycles. The predicted molar refractivity (Wildman–Crippen MR) is 117 cm³/mol. The van der Waals surface area contributed by atoms with E-state index in [4.69, 9.17) is 4.74 Å². The third-order valence-corrected chi connectivity index (χ3v) is 6.24. The minimum absolute atomic E-state index is 0.0445. The van der Waals surface area contributed by atoms with Gasteiger partial charge in [0, 0.05) is 18.7 Å². The van der Waals surface area contributed by atoms with Crippen LogP contribution in [0, 0.1) is 0 Å². The summed E-state index contributed by atoms with van der Waals surface area (Å²) in [5, 5.41) is 12.3. The zero-order valence-electron chi connectivity index (χ0n) is 17.5. The van der Waals surface area contributed by atoms with Crippen LogP contribution >= 0.6 is 11.8 Å². The number of carbonyl (C=O) groups is 1. The number of ether oxygens (including phenoxy) is 1. The molecule has 1 aliphatic rings. The van der Waals surface area contributed by atoms with Crippen LogP contribution in [0.5, 0.6) is 5.75 Å². The molecule has 0 bridgehead atoms. The van der Waals surface area contributed by atoms with Gasteiger partial charge in [0.15, 0.2) is 11.0 Å². The maximum Gasteiger partial charge on any atom is 0.233 e. The van der Waals surface area contributed by atoms with Gasteiger partial charge in [0.05, 0.1) is 12.4 Å². The van der Waals surface area contributed by atoms with E-state index in [2.05, 4.69) is 28.5 Å². The third-order valence-electron chi connectivity index (χ3n) is 5.16. The monoisotopic (exact) mass is 414 g/mol. The smallest absolute Gasteiger partial charge is 0.233 e. The van der Waals surface area contributed by atoms with Crippen LogP contribution in [-0.4, -0.2) is 39.6 Å². The molecule has 7 heteroatoms. The van der Waals surface area contributed by atoms with Crippen LogP contribution in [0.1, 0.15) is 46.0 Å². The van der Waals surface area contributed by atoms with Crippen LogP contribution in [0.4, 0.5) is 0 Å². The van der Waals surface area contributed by atoms with Gasteiger partial charge in [0.2, 0.25) is 5.91 Å². The van der Waals surface area contributed by atoms with Gasteiger partial charge in [-0.3, -0.25) is 4.79 Å². The summed E-state index contributed by atoms with van der Waals surface area (Å²) in [7, 11) is 1.65. The highest BCUT2D eigenvalue weighted by Crippen LogP contribution is 2.28. The lowest BCUT2D eigenvalue weighted by atomic mass is 9.97. The summed E-state index contributed by atoms with van der Waals surface area (Å²) in [6.45, 7) is 5.41. The normalized spacial score (nSPS) is 14.9. The highest BCUT2D eigenvalue weighted by molar-refractivity contribution is 8.00. The number of methoxy groups -OCH3 is 1. The predicted octanol–water partition coefficient (Wildman–Crippen LogP) is 4.46. The van der Waals surface area contributed by atoms with Gasteiger partial charge in [0.1, 0.15) is 5.75 Å². The number of nitrogens with one attached hydrogen (secondary N) is 1. The molecule has 1 amide bonds. The zero-order valence-corrected chi connectivity index (χ0v) is 18.3. The lowest BCUT2D eigenvalue weighted by molar-refractivity contribution is -0.120. The van der Waals surface area contributed by atoms with E-state index in [0.717, 1.165) is 35.3 Å². The number of hydrogen-bond acceptors (Lipinski definition) is 5. The maximum atomic E-state index is 12.5. The number of benzene rings is 1. The van der Waals surface area contributed by atoms with Crippen molar-refractivity contribution in [1.29, 1.82) is 0 Å². The zero-order chi connectivity index (χ0) is 20.6. The highest BCUT2D eigenvalue weighted by atomic mass is 32.2. The Morgan fingerprint density at radius 2 is 2.07 bits per heavy atom. The number of amides is 1. The number of thioether (sulfide) groups is 1. The minimum atomic E-state index is -0.228. The van der Waals surface area contributed by atoms with Crippen LogP contribution in [0.15, 0.2) is 41.1 Å². The molecule has 0 aliphatic heterocycles. The average molecular weight is 415 g/mol. The molecule has 6 nitrogen and oxygen atoms in total. The largest absolute Gasteiger partial charge is 0.497 e. The fourth-order valence-electron chi connectivity index (χ4n) is 3.45. The number of carbonyl (C=O) groups excluding carboxylic acids is 1. The van der Waals surface area contributed by atoms with Crippen LogP contribution in [0.25, 0.3) is 11.4 Å². The molecule has 2 aromatic rings. The minimum Gasteiger partial charge on any atom is -0.497 e. The fourth-order valence-corrected chi connectivity index (χ4v) is 4.39. The standard InChI is InChI=1S/C22H30N4O2S/c1-4-26-20(18-10-12-19(28-3)13-11-18)24-25-22(26)29-16(2)21(27)23-15-14-17-8-6-5-7-9-17/h8,10-13,16H,4-7,9,14-15H2,1-3H3,(H,23,27)/t16-/m1/s1. The van der Waals surface area contributed by atoms with Crippen molar-refractivity contribution in [2.75, 3.05) is 13.7 Å². The van der Waals surface area contributed by atoms with E-state index < -0.39 is 0 Å². The molecule has 1 N–H and O–H groups in total. The van der Waals surface area contributed by atoms with Crippen molar-refractivity contribution in [2.45, 2.75) is 62.9 Å². The van der Waals surface area contributed by atoms with Crippen molar-refractivity contribution in [2.24, 2.45) is 0 Å². The molecule has 1 heterocycles. The first-order valence-corrected chi connectivity index (χ1v) is 11.2. The van der Waals surface area contributed by atoms with E-state index in [-0.39, 0.29) is 11.2 Å². The second-order valence-corrected chi connectivity index (χ2v) is 8.50. The number of rotatable bonds is 9. The van der Waals surface area contributed by atoms with Gasteiger partial charge in [-0.25, -0.2) is 0 Å². The van der Waals surface area contributed by atoms with E-state index in [1.54, 1.807) is 7.11 Å². The molecule has 1 aromatic carbocycles. The lowest BCUT2D eigenvalue weighted by Crippen LogP contribution is -2.32. The van der Waals surface area contributed by atoms with Crippen molar-refractivity contribution in [3.8, 4) is 17.1 Å². The molecular weight excluding hydrogens is 384 g/mol. The number of hydrogen-bond donors (Lipinski definition) is 1. The van der Waals surface area contributed by atoms with Crippen molar-refractivity contribution in [3.05, 3.63) is 35.9 Å². The van der Waals surface area contributed by atoms with Gasteiger partial charge in [-0.2, -0.15) is 0 Å². The number of allylic oxidation sites excluding steroid dienone is 1. The fraction of sp³-hybridized carbons (Fsp3) is 0.500. The molecule has 1 aliphatic carbocycles. The van der Waals surface area contributed by atoms with E-state index >= 15 is 0 Å². The third kappa shape index (κ3) is 5.63. The second-order valence-electron chi connectivity index (χ2n) is 7.19. The topological polar surface area (TPSA) is 69.0 Å². The Morgan fingerprint density at radius 1 is 1.28 bits per heavy atom. The molecule has 0 saturated heterocycles. The quantitative estimate of drug-likeness (QED) is 0.485. The summed E-state index contributed by atoms with van der Waals surface area (Å²) >= 11 is 1.45. The van der Waals surface area contributed by atoms with Gasteiger partial charge >= 0.3 is 0 Å². The second kappa shape index (κ2) is 10.5. The maximum absolute atomic E-state index is 12.5. The Balaban J connectivity index is 1.59. The summed E-state index contributed by atoms with van der Waals surface area (Å²) in [6.07, 6.45) is 8.20. The molecule has 156 valence electrons. The number of aromatic nitrogens is 3. The van der Waals surface area contributed by atoms with Gasteiger partial charge < -0.3 is 14.6 Å². The molecule has 0 fully saturated rings. The van der Waals surface area contributed by atoms with Gasteiger partial charge in [0.25, 0.3) is 0 Å². The molecule has 3 rings (SSSR count). The molecule has 0 saturated carbocycles. The van der Waals surface area contributed by atoms with Crippen molar-refractivity contribution in [1.82, 2.24) is 20.1 Å². The van der Waals surface area contributed by atoms with Crippen molar-refractivity contribution < 1.29 is 9.53 Å². The first kappa shape index (κ1) is 21.4. The summed E-state index contributed by atoms with van der Waals surface area (Å²) < 4.78 is 7.27. The first-order valence-electron chi connectivity index (χ1n) is 10.3. The molecule has 0 spiro atoms. The van der Waals surface area contributed by atoms with E-state index in [0.29, 0.717) is 6.54 Å². The van der Waals surface area contributed by atoms with E-state index in [1.807, 2.05) is 35.8 Å². The van der Waals surface area contributed by atoms with Crippen molar-refractivity contribution >= 4 is 17.7 Å². The summed E-state index contributed by atoms with van der Waals surface area (Å²) in [4.78, 5) is 12.5. The van der Waals surface area contributed by atoms with Gasteiger partial charge in [-0.1, -0.05) is 23.4 Å². The van der Waals surface area contributed by atoms with Gasteiger partial charge in [-0.05, 0) is 70.2 Å². The summed E-state index contributed by atoms with van der Waals surface area (Å²) in [6, 6.07) is 7.77. The van der Waals surface area contributed by atoms with Crippen molar-refractivity contribution in [3.63, 3.8) is 0 Å². The summed E-state index contributed by atoms with van der Waals surface area (Å²) in [5.41, 5.74) is 2.46. The summed E-state index contributed by atoms with van der Waals surface area (Å²) in [5.74, 6) is 1.65. The van der Waals surface area contributed by atoms with Crippen LogP contribution < -0.4 is 10.1 Å². The Morgan fingerprint density at radius 3 is 2.72 bits per heavy atom. The Bertz CT molecular complexity index is 845. The SMILES string of the molecule is CCn1c(S[C@H](C)C(=O)NCCC2=CCCCC2)nnc1-c1ccc(OC)cc1. The van der Waals surface area contributed by atoms with Crippen LogP contribution in [0.2, 0.25) is 0 Å². The Labute approximate surface area is 177 Å². The van der Waals surface area contributed by atoms with Crippen LogP contribution in [-0.2, 0) is 11.3 Å². The number of nitrogens with zero attached hydrogens (tertiary/aromatic N) is 3. The van der Waals surface area contributed by atoms with Gasteiger partial charge in [-0.15, -0.1) is 10.2 Å². The molecular formula is C22H30N4O2S.